The van der Waals surface area contributed by atoms with Gasteiger partial charge in [0.25, 0.3) is 5.69 Å². The van der Waals surface area contributed by atoms with Crippen molar-refractivity contribution < 1.29 is 9.66 Å². The molecule has 0 aliphatic heterocycles. The number of hydrogen-bond acceptors (Lipinski definition) is 6. The summed E-state index contributed by atoms with van der Waals surface area (Å²) in [5.41, 5.74) is 6.11. The van der Waals surface area contributed by atoms with Crippen molar-refractivity contribution in [1.29, 1.82) is 0 Å². The zero-order valence-electron chi connectivity index (χ0n) is 16.7. The van der Waals surface area contributed by atoms with Gasteiger partial charge < -0.3 is 4.74 Å². The highest BCUT2D eigenvalue weighted by atomic mass is 16.6. The van der Waals surface area contributed by atoms with Crippen molar-refractivity contribution in [2.24, 2.45) is 5.10 Å². The van der Waals surface area contributed by atoms with Gasteiger partial charge in [-0.1, -0.05) is 42.5 Å². The van der Waals surface area contributed by atoms with E-state index in [0.29, 0.717) is 17.1 Å². The van der Waals surface area contributed by atoms with Crippen LogP contribution in [0.5, 0.6) is 5.75 Å². The maximum Gasteiger partial charge on any atom is 0.294 e. The maximum atomic E-state index is 11.2. The lowest BCUT2D eigenvalue weighted by Gasteiger charge is -2.06. The molecule has 8 heteroatoms. The molecule has 154 valence electrons. The molecule has 0 saturated heterocycles. The average molecular weight is 413 g/mol. The molecule has 0 spiro atoms. The molecule has 0 aliphatic carbocycles. The number of nitrogens with one attached hydrogen (secondary N) is 1. The number of nitro groups is 1. The topological polar surface area (TPSA) is 94.6 Å². The molecule has 1 heterocycles. The Balaban J connectivity index is 1.73. The van der Waals surface area contributed by atoms with Gasteiger partial charge in [0.1, 0.15) is 17.1 Å². The number of methoxy groups -OCH3 is 1. The molecule has 0 fully saturated rings. The van der Waals surface area contributed by atoms with Crippen LogP contribution in [-0.4, -0.2) is 28.0 Å². The van der Waals surface area contributed by atoms with E-state index in [1.807, 2.05) is 60.8 Å². The van der Waals surface area contributed by atoms with Crippen molar-refractivity contribution in [2.75, 3.05) is 12.5 Å². The largest absolute Gasteiger partial charge is 0.496 e. The number of nitrogens with zero attached hydrogens (tertiary/aromatic N) is 4. The first kappa shape index (κ1) is 19.8. The van der Waals surface area contributed by atoms with E-state index in [2.05, 4.69) is 10.5 Å². The Morgan fingerprint density at radius 2 is 1.74 bits per heavy atom. The van der Waals surface area contributed by atoms with Gasteiger partial charge in [-0.05, 0) is 30.3 Å². The van der Waals surface area contributed by atoms with Gasteiger partial charge in [0.2, 0.25) is 0 Å². The van der Waals surface area contributed by atoms with E-state index in [-0.39, 0.29) is 5.69 Å². The number of para-hydroxylation sites is 4. The molecule has 4 aromatic rings. The van der Waals surface area contributed by atoms with Crippen molar-refractivity contribution in [2.45, 2.75) is 0 Å². The predicted molar refractivity (Wildman–Crippen MR) is 120 cm³/mol. The summed E-state index contributed by atoms with van der Waals surface area (Å²) < 4.78 is 7.26. The van der Waals surface area contributed by atoms with E-state index in [1.54, 1.807) is 36.2 Å². The van der Waals surface area contributed by atoms with Gasteiger partial charge in [-0.25, -0.2) is 4.68 Å². The van der Waals surface area contributed by atoms with E-state index in [1.165, 1.54) is 6.07 Å². The quantitative estimate of drug-likeness (QED) is 0.264. The van der Waals surface area contributed by atoms with E-state index >= 15 is 0 Å². The Morgan fingerprint density at radius 1 is 1.03 bits per heavy atom. The zero-order valence-corrected chi connectivity index (χ0v) is 16.7. The van der Waals surface area contributed by atoms with Crippen LogP contribution in [0.2, 0.25) is 0 Å². The molecular weight excluding hydrogens is 394 g/mol. The first-order chi connectivity index (χ1) is 15.2. The van der Waals surface area contributed by atoms with Crippen LogP contribution >= 0.6 is 0 Å². The van der Waals surface area contributed by atoms with Crippen LogP contribution in [0.25, 0.3) is 16.9 Å². The highest BCUT2D eigenvalue weighted by Crippen LogP contribution is 2.31. The van der Waals surface area contributed by atoms with Crippen molar-refractivity contribution in [1.82, 2.24) is 9.78 Å². The third-order valence-electron chi connectivity index (χ3n) is 4.61. The van der Waals surface area contributed by atoms with Crippen molar-refractivity contribution in [3.8, 4) is 22.7 Å². The van der Waals surface area contributed by atoms with Crippen LogP contribution in [-0.2, 0) is 0 Å². The maximum absolute atomic E-state index is 11.2. The van der Waals surface area contributed by atoms with Gasteiger partial charge in [0.05, 0.1) is 23.9 Å². The number of rotatable bonds is 7. The summed E-state index contributed by atoms with van der Waals surface area (Å²) in [4.78, 5) is 10.8. The normalized spacial score (nSPS) is 10.9. The Bertz CT molecular complexity index is 1230. The number of aromatic nitrogens is 2. The first-order valence-electron chi connectivity index (χ1n) is 9.48. The third-order valence-corrected chi connectivity index (χ3v) is 4.61. The number of benzene rings is 3. The Kier molecular flexibility index (Phi) is 5.70. The summed E-state index contributed by atoms with van der Waals surface area (Å²) >= 11 is 0. The van der Waals surface area contributed by atoms with E-state index in [9.17, 15) is 10.1 Å². The van der Waals surface area contributed by atoms with Gasteiger partial charge in [0, 0.05) is 23.4 Å². The molecule has 1 N–H and O–H groups in total. The first-order valence-corrected chi connectivity index (χ1v) is 9.48. The fourth-order valence-corrected chi connectivity index (χ4v) is 3.14. The molecule has 0 saturated carbocycles. The number of nitro benzene ring substituents is 1. The second-order valence-corrected chi connectivity index (χ2v) is 6.56. The number of hydrazone groups is 1. The lowest BCUT2D eigenvalue weighted by atomic mass is 10.1. The summed E-state index contributed by atoms with van der Waals surface area (Å²) in [6, 6.07) is 23.6. The molecule has 0 unspecified atom stereocenters. The van der Waals surface area contributed by atoms with E-state index in [0.717, 1.165) is 16.8 Å². The number of hydrogen-bond donors (Lipinski definition) is 1. The SMILES string of the molecule is COc1ccccc1-c1nn(-c2ccccc2)cc1/C=N\Nc1ccccc1[N+](=O)[O-]. The average Bonchev–Trinajstić information content (AvgIpc) is 3.24. The van der Waals surface area contributed by atoms with Crippen molar-refractivity contribution >= 4 is 17.6 Å². The second-order valence-electron chi connectivity index (χ2n) is 6.56. The molecular formula is C23H19N5O3. The van der Waals surface area contributed by atoms with Gasteiger partial charge in [-0.3, -0.25) is 15.5 Å². The molecule has 3 aromatic carbocycles. The monoisotopic (exact) mass is 413 g/mol. The molecule has 31 heavy (non-hydrogen) atoms. The molecule has 0 bridgehead atoms. The zero-order chi connectivity index (χ0) is 21.6. The lowest BCUT2D eigenvalue weighted by Crippen LogP contribution is -1.97. The summed E-state index contributed by atoms with van der Waals surface area (Å²) in [6.45, 7) is 0. The van der Waals surface area contributed by atoms with Crippen LogP contribution in [0.4, 0.5) is 11.4 Å². The second kappa shape index (κ2) is 8.91. The van der Waals surface area contributed by atoms with Crippen LogP contribution in [0.1, 0.15) is 5.56 Å². The number of anilines is 1. The molecule has 0 aliphatic rings. The van der Waals surface area contributed by atoms with Crippen LogP contribution in [0, 0.1) is 10.1 Å². The highest BCUT2D eigenvalue weighted by Gasteiger charge is 2.15. The molecule has 0 atom stereocenters. The number of ether oxygens (including phenoxy) is 1. The van der Waals surface area contributed by atoms with E-state index in [4.69, 9.17) is 9.84 Å². The molecule has 0 radical (unpaired) electrons. The predicted octanol–water partition coefficient (Wildman–Crippen LogP) is 4.90. The highest BCUT2D eigenvalue weighted by molar-refractivity contribution is 5.90. The molecule has 8 nitrogen and oxygen atoms in total. The van der Waals surface area contributed by atoms with Crippen molar-refractivity contribution in [3.05, 3.63) is 101 Å². The summed E-state index contributed by atoms with van der Waals surface area (Å²) in [5, 5.41) is 20.2. The lowest BCUT2D eigenvalue weighted by molar-refractivity contribution is -0.384. The standard InChI is InChI=1S/C23H19N5O3/c1-31-22-14-8-5-11-19(22)23-17(16-27(26-23)18-9-3-2-4-10-18)15-24-25-20-12-6-7-13-21(20)28(29)30/h2-16,25H,1H3/b24-15-. The van der Waals surface area contributed by atoms with Gasteiger partial charge in [-0.2, -0.15) is 10.2 Å². The molecule has 1 aromatic heterocycles. The fraction of sp³-hybridized carbons (Fsp3) is 0.0435. The minimum atomic E-state index is -0.453. The summed E-state index contributed by atoms with van der Waals surface area (Å²) in [6.07, 6.45) is 3.44. The Labute approximate surface area is 178 Å². The van der Waals surface area contributed by atoms with E-state index < -0.39 is 4.92 Å². The Morgan fingerprint density at radius 3 is 2.52 bits per heavy atom. The summed E-state index contributed by atoms with van der Waals surface area (Å²) in [5.74, 6) is 0.683. The minimum absolute atomic E-state index is 0.0513. The van der Waals surface area contributed by atoms with Crippen molar-refractivity contribution in [3.63, 3.8) is 0 Å². The Hall–Kier alpha value is -4.46. The smallest absolute Gasteiger partial charge is 0.294 e. The van der Waals surface area contributed by atoms with Crippen LogP contribution < -0.4 is 10.2 Å². The van der Waals surface area contributed by atoms with Crippen LogP contribution in [0.3, 0.4) is 0 Å². The van der Waals surface area contributed by atoms with Crippen LogP contribution in [0.15, 0.2) is 90.2 Å². The minimum Gasteiger partial charge on any atom is -0.496 e. The van der Waals surface area contributed by atoms with Gasteiger partial charge in [0.15, 0.2) is 0 Å². The summed E-state index contributed by atoms with van der Waals surface area (Å²) in [7, 11) is 1.61. The third kappa shape index (κ3) is 4.27. The van der Waals surface area contributed by atoms with Gasteiger partial charge in [-0.15, -0.1) is 0 Å². The fourth-order valence-electron chi connectivity index (χ4n) is 3.14. The molecule has 4 rings (SSSR count). The molecule has 0 amide bonds. The van der Waals surface area contributed by atoms with Gasteiger partial charge >= 0.3 is 0 Å².